The highest BCUT2D eigenvalue weighted by Crippen LogP contribution is 2.32. The third-order valence-corrected chi connectivity index (χ3v) is 5.25. The Kier molecular flexibility index (Phi) is 6.94. The molecule has 1 unspecified atom stereocenters. The van der Waals surface area contributed by atoms with E-state index < -0.39 is 0 Å². The third kappa shape index (κ3) is 6.21. The van der Waals surface area contributed by atoms with Crippen LogP contribution >= 0.6 is 11.3 Å². The summed E-state index contributed by atoms with van der Waals surface area (Å²) < 4.78 is 10.8. The summed E-state index contributed by atoms with van der Waals surface area (Å²) >= 11 is 1.79. The average Bonchev–Trinajstić information content (AvgIpc) is 3.08. The number of nitrogens with zero attached hydrogens (tertiary/aromatic N) is 1. The first-order chi connectivity index (χ1) is 12.3. The molecule has 3 rings (SSSR count). The first kappa shape index (κ1) is 18.0. The zero-order valence-electron chi connectivity index (χ0n) is 14.7. The quantitative estimate of drug-likeness (QED) is 0.504. The van der Waals surface area contributed by atoms with Crippen molar-refractivity contribution in [2.24, 2.45) is 10.9 Å². The number of guanidine groups is 1. The molecule has 0 radical (unpaired) electrons. The molecule has 1 aliphatic rings. The number of methoxy groups -OCH3 is 1. The van der Waals surface area contributed by atoms with Gasteiger partial charge in [0.05, 0.1) is 18.9 Å². The van der Waals surface area contributed by atoms with E-state index in [0.29, 0.717) is 18.6 Å². The Bertz CT molecular complexity index is 621. The number of hydrogen-bond acceptors (Lipinski definition) is 4. The highest BCUT2D eigenvalue weighted by molar-refractivity contribution is 7.09. The molecule has 1 saturated carbocycles. The van der Waals surface area contributed by atoms with Crippen molar-refractivity contribution < 1.29 is 9.15 Å². The Morgan fingerprint density at radius 3 is 2.96 bits per heavy atom. The number of nitrogens with one attached hydrogen (secondary N) is 2. The zero-order chi connectivity index (χ0) is 17.3. The Morgan fingerprint density at radius 2 is 2.28 bits per heavy atom. The zero-order valence-corrected chi connectivity index (χ0v) is 15.6. The molecule has 1 fully saturated rings. The Labute approximate surface area is 153 Å². The molecule has 136 valence electrons. The van der Waals surface area contributed by atoms with Gasteiger partial charge < -0.3 is 19.8 Å². The van der Waals surface area contributed by atoms with Gasteiger partial charge in [-0.1, -0.05) is 6.07 Å². The highest BCUT2D eigenvalue weighted by Gasteiger charge is 2.31. The SMILES string of the molecule is COCC(NC(=NCCc1cccs1)NCCc1ccco1)C1CC1. The lowest BCUT2D eigenvalue weighted by atomic mass is 10.2. The second-order valence-electron chi connectivity index (χ2n) is 6.36. The molecule has 5 nitrogen and oxygen atoms in total. The summed E-state index contributed by atoms with van der Waals surface area (Å²) in [6, 6.07) is 8.51. The molecule has 1 atom stereocenters. The van der Waals surface area contributed by atoms with Crippen LogP contribution in [0.3, 0.4) is 0 Å². The second kappa shape index (κ2) is 9.63. The lowest BCUT2D eigenvalue weighted by molar-refractivity contribution is 0.165. The van der Waals surface area contributed by atoms with E-state index in [1.807, 2.05) is 12.1 Å². The fourth-order valence-corrected chi connectivity index (χ4v) is 3.49. The fraction of sp³-hybridized carbons (Fsp3) is 0.526. The van der Waals surface area contributed by atoms with Crippen molar-refractivity contribution in [2.45, 2.75) is 31.7 Å². The first-order valence-corrected chi connectivity index (χ1v) is 9.81. The molecular formula is C19H27N3O2S. The molecule has 2 heterocycles. The molecule has 1 aliphatic carbocycles. The first-order valence-electron chi connectivity index (χ1n) is 8.93. The summed E-state index contributed by atoms with van der Waals surface area (Å²) in [5.41, 5.74) is 0. The summed E-state index contributed by atoms with van der Waals surface area (Å²) in [5.74, 6) is 2.56. The standard InChI is InChI=1S/C19H27N3O2S/c1-23-14-18(15-6-7-15)22-19(20-10-8-16-4-2-12-24-16)21-11-9-17-5-3-13-25-17/h2-5,12-13,15,18H,6-11,14H2,1H3,(H2,20,21,22). The Balaban J connectivity index is 1.53. The number of ether oxygens (including phenoxy) is 1. The van der Waals surface area contributed by atoms with Crippen LogP contribution in [-0.2, 0) is 17.6 Å². The van der Waals surface area contributed by atoms with Gasteiger partial charge in [0, 0.05) is 37.9 Å². The van der Waals surface area contributed by atoms with E-state index >= 15 is 0 Å². The lowest BCUT2D eigenvalue weighted by Crippen LogP contribution is -2.47. The molecule has 0 saturated heterocycles. The summed E-state index contributed by atoms with van der Waals surface area (Å²) in [6.07, 6.45) is 6.08. The molecule has 2 N–H and O–H groups in total. The second-order valence-corrected chi connectivity index (χ2v) is 7.39. The van der Waals surface area contributed by atoms with Crippen LogP contribution in [0.1, 0.15) is 23.5 Å². The van der Waals surface area contributed by atoms with Gasteiger partial charge >= 0.3 is 0 Å². The van der Waals surface area contributed by atoms with Gasteiger partial charge in [-0.2, -0.15) is 0 Å². The third-order valence-electron chi connectivity index (χ3n) is 4.31. The van der Waals surface area contributed by atoms with Crippen LogP contribution in [0.2, 0.25) is 0 Å². The van der Waals surface area contributed by atoms with Gasteiger partial charge in [-0.25, -0.2) is 0 Å². The van der Waals surface area contributed by atoms with E-state index in [0.717, 1.165) is 37.7 Å². The largest absolute Gasteiger partial charge is 0.469 e. The van der Waals surface area contributed by atoms with Gasteiger partial charge in [-0.05, 0) is 42.3 Å². The molecule has 0 bridgehead atoms. The molecule has 0 amide bonds. The number of furan rings is 1. The van der Waals surface area contributed by atoms with Crippen LogP contribution in [0.5, 0.6) is 0 Å². The molecule has 0 spiro atoms. The maximum Gasteiger partial charge on any atom is 0.191 e. The van der Waals surface area contributed by atoms with Gasteiger partial charge in [0.2, 0.25) is 0 Å². The van der Waals surface area contributed by atoms with Crippen molar-refractivity contribution in [3.63, 3.8) is 0 Å². The molecule has 25 heavy (non-hydrogen) atoms. The minimum absolute atomic E-state index is 0.335. The smallest absolute Gasteiger partial charge is 0.191 e. The molecule has 0 aliphatic heterocycles. The van der Waals surface area contributed by atoms with Crippen molar-refractivity contribution in [1.82, 2.24) is 10.6 Å². The van der Waals surface area contributed by atoms with E-state index in [4.69, 9.17) is 14.1 Å². The molecule has 2 aromatic heterocycles. The maximum absolute atomic E-state index is 5.39. The van der Waals surface area contributed by atoms with Crippen molar-refractivity contribution in [2.75, 3.05) is 26.8 Å². The van der Waals surface area contributed by atoms with Gasteiger partial charge in [-0.3, -0.25) is 4.99 Å². The van der Waals surface area contributed by atoms with Crippen LogP contribution in [0.4, 0.5) is 0 Å². The normalized spacial score (nSPS) is 16.0. The summed E-state index contributed by atoms with van der Waals surface area (Å²) in [4.78, 5) is 6.13. The number of rotatable bonds is 10. The van der Waals surface area contributed by atoms with Crippen molar-refractivity contribution >= 4 is 17.3 Å². The van der Waals surface area contributed by atoms with E-state index in [2.05, 4.69) is 28.1 Å². The maximum atomic E-state index is 5.39. The Morgan fingerprint density at radius 1 is 1.36 bits per heavy atom. The van der Waals surface area contributed by atoms with Crippen LogP contribution in [0.25, 0.3) is 0 Å². The molecule has 2 aromatic rings. The minimum Gasteiger partial charge on any atom is -0.469 e. The number of aliphatic imine (C=N–C) groups is 1. The van der Waals surface area contributed by atoms with Gasteiger partial charge in [0.15, 0.2) is 5.96 Å². The van der Waals surface area contributed by atoms with Crippen LogP contribution in [0.15, 0.2) is 45.3 Å². The Hall–Kier alpha value is -1.79. The van der Waals surface area contributed by atoms with Gasteiger partial charge in [-0.15, -0.1) is 11.3 Å². The van der Waals surface area contributed by atoms with Crippen LogP contribution in [-0.4, -0.2) is 38.8 Å². The average molecular weight is 362 g/mol. The minimum atomic E-state index is 0.335. The molecule has 6 heteroatoms. The van der Waals surface area contributed by atoms with Crippen LogP contribution < -0.4 is 10.6 Å². The summed E-state index contributed by atoms with van der Waals surface area (Å²) in [6.45, 7) is 2.29. The van der Waals surface area contributed by atoms with Gasteiger partial charge in [0.25, 0.3) is 0 Å². The topological polar surface area (TPSA) is 58.8 Å². The predicted molar refractivity (Wildman–Crippen MR) is 102 cm³/mol. The van der Waals surface area contributed by atoms with Gasteiger partial charge in [0.1, 0.15) is 5.76 Å². The van der Waals surface area contributed by atoms with E-state index in [9.17, 15) is 0 Å². The summed E-state index contributed by atoms with van der Waals surface area (Å²) in [5, 5.41) is 9.11. The van der Waals surface area contributed by atoms with Crippen molar-refractivity contribution in [3.8, 4) is 0 Å². The van der Waals surface area contributed by atoms with Crippen LogP contribution in [0, 0.1) is 5.92 Å². The molecule has 0 aromatic carbocycles. The van der Waals surface area contributed by atoms with E-state index in [-0.39, 0.29) is 0 Å². The van der Waals surface area contributed by atoms with Crippen molar-refractivity contribution in [3.05, 3.63) is 46.5 Å². The molecular weight excluding hydrogens is 334 g/mol. The fourth-order valence-electron chi connectivity index (χ4n) is 2.79. The predicted octanol–water partition coefficient (Wildman–Crippen LogP) is 3.09. The van der Waals surface area contributed by atoms with E-state index in [1.165, 1.54) is 17.7 Å². The van der Waals surface area contributed by atoms with E-state index in [1.54, 1.807) is 24.7 Å². The highest BCUT2D eigenvalue weighted by atomic mass is 32.1. The monoisotopic (exact) mass is 361 g/mol. The summed E-state index contributed by atoms with van der Waals surface area (Å²) in [7, 11) is 1.76. The lowest BCUT2D eigenvalue weighted by Gasteiger charge is -2.21. The number of thiophene rings is 1. The number of hydrogen-bond donors (Lipinski definition) is 2. The van der Waals surface area contributed by atoms with Crippen molar-refractivity contribution in [1.29, 1.82) is 0 Å².